The molecule has 1 unspecified atom stereocenters. The topological polar surface area (TPSA) is 85.8 Å². The molecule has 0 aliphatic carbocycles. The Morgan fingerprint density at radius 3 is 2.76 bits per heavy atom. The molecule has 0 radical (unpaired) electrons. The quantitative estimate of drug-likeness (QED) is 0.478. The third-order valence-electron chi connectivity index (χ3n) is 4.86. The van der Waals surface area contributed by atoms with Gasteiger partial charge in [-0.25, -0.2) is 13.1 Å². The largest absolute Gasteiger partial charge is 0.369 e. The van der Waals surface area contributed by atoms with Crippen molar-refractivity contribution in [3.05, 3.63) is 59.1 Å². The average molecular weight is 436 g/mol. The van der Waals surface area contributed by atoms with Gasteiger partial charge >= 0.3 is 0 Å². The molecule has 1 saturated heterocycles. The first-order valence-corrected chi connectivity index (χ1v) is 11.3. The molecule has 1 aliphatic heterocycles. The van der Waals surface area contributed by atoms with Crippen molar-refractivity contribution in [2.24, 2.45) is 4.99 Å². The van der Waals surface area contributed by atoms with Gasteiger partial charge in [0.1, 0.15) is 0 Å². The molecular formula is C20H26ClN5O2S. The zero-order valence-electron chi connectivity index (χ0n) is 16.5. The maximum absolute atomic E-state index is 12.0. The number of hydrogen-bond acceptors (Lipinski definition) is 4. The van der Waals surface area contributed by atoms with E-state index in [1.165, 1.54) is 7.05 Å². The summed E-state index contributed by atoms with van der Waals surface area (Å²) in [6.07, 6.45) is 0.989. The molecule has 0 saturated carbocycles. The van der Waals surface area contributed by atoms with E-state index in [1.807, 2.05) is 24.3 Å². The Kier molecular flexibility index (Phi) is 7.00. The van der Waals surface area contributed by atoms with Gasteiger partial charge in [-0.3, -0.25) is 4.99 Å². The van der Waals surface area contributed by atoms with Gasteiger partial charge in [-0.15, -0.1) is 0 Å². The molecule has 1 atom stereocenters. The van der Waals surface area contributed by atoms with E-state index in [9.17, 15) is 8.42 Å². The third kappa shape index (κ3) is 5.62. The Morgan fingerprint density at radius 1 is 1.24 bits per heavy atom. The van der Waals surface area contributed by atoms with Gasteiger partial charge in [-0.2, -0.15) is 0 Å². The summed E-state index contributed by atoms with van der Waals surface area (Å²) in [7, 11) is -0.331. The van der Waals surface area contributed by atoms with Crippen LogP contribution in [0.2, 0.25) is 5.02 Å². The van der Waals surface area contributed by atoms with E-state index in [0.29, 0.717) is 12.5 Å². The lowest BCUT2D eigenvalue weighted by Crippen LogP contribution is -2.44. The van der Waals surface area contributed by atoms with Crippen LogP contribution in [-0.4, -0.2) is 47.6 Å². The molecule has 0 aromatic heterocycles. The molecule has 7 nitrogen and oxygen atoms in total. The number of aliphatic imine (C=N–C) groups is 1. The van der Waals surface area contributed by atoms with Crippen LogP contribution in [0.3, 0.4) is 0 Å². The van der Waals surface area contributed by atoms with E-state index in [2.05, 4.69) is 31.3 Å². The molecule has 1 aliphatic rings. The minimum atomic E-state index is -3.46. The maximum atomic E-state index is 12.0. The van der Waals surface area contributed by atoms with Gasteiger partial charge in [0.25, 0.3) is 0 Å². The summed E-state index contributed by atoms with van der Waals surface area (Å²) in [5.74, 6) is 0.685. The summed E-state index contributed by atoms with van der Waals surface area (Å²) in [5, 5.41) is 7.43. The highest BCUT2D eigenvalue weighted by atomic mass is 35.5. The third-order valence-corrected chi connectivity index (χ3v) is 6.51. The molecule has 2 aromatic rings. The molecule has 3 rings (SSSR count). The molecule has 9 heteroatoms. The SMILES string of the molecule is CN=C(NCc1cccc(S(=O)(=O)NC)c1)NC1CCN(c2cccc(Cl)c2)C1. The first-order valence-electron chi connectivity index (χ1n) is 9.41. The zero-order valence-corrected chi connectivity index (χ0v) is 18.1. The van der Waals surface area contributed by atoms with Crippen LogP contribution in [0.4, 0.5) is 5.69 Å². The summed E-state index contributed by atoms with van der Waals surface area (Å²) < 4.78 is 26.3. The number of nitrogens with one attached hydrogen (secondary N) is 3. The lowest BCUT2D eigenvalue weighted by atomic mass is 10.2. The predicted molar refractivity (Wildman–Crippen MR) is 118 cm³/mol. The van der Waals surface area contributed by atoms with Gasteiger partial charge in [0.05, 0.1) is 4.90 Å². The van der Waals surface area contributed by atoms with Crippen LogP contribution in [-0.2, 0) is 16.6 Å². The van der Waals surface area contributed by atoms with Crippen LogP contribution in [0, 0.1) is 0 Å². The standard InChI is InChI=1S/C20H26ClN5O2S/c1-22-20(24-13-15-5-3-8-19(11-15)29(27,28)23-2)25-17-9-10-26(14-17)18-7-4-6-16(21)12-18/h3-8,11-12,17,23H,9-10,13-14H2,1-2H3,(H2,22,24,25). The van der Waals surface area contributed by atoms with Gasteiger partial charge in [0.2, 0.25) is 10.0 Å². The van der Waals surface area contributed by atoms with Gasteiger partial charge in [0.15, 0.2) is 5.96 Å². The fourth-order valence-electron chi connectivity index (χ4n) is 3.30. The van der Waals surface area contributed by atoms with Gasteiger partial charge in [-0.05, 0) is 49.4 Å². The molecule has 156 valence electrons. The van der Waals surface area contributed by atoms with E-state index in [0.717, 1.165) is 35.8 Å². The van der Waals surface area contributed by atoms with Crippen LogP contribution in [0.15, 0.2) is 58.4 Å². The molecular weight excluding hydrogens is 410 g/mol. The number of benzene rings is 2. The molecule has 0 amide bonds. The van der Waals surface area contributed by atoms with Crippen LogP contribution >= 0.6 is 11.6 Å². The highest BCUT2D eigenvalue weighted by Crippen LogP contribution is 2.23. The predicted octanol–water partition coefficient (Wildman–Crippen LogP) is 2.19. The van der Waals surface area contributed by atoms with Crippen molar-refractivity contribution in [1.29, 1.82) is 0 Å². The van der Waals surface area contributed by atoms with Crippen LogP contribution < -0.4 is 20.3 Å². The van der Waals surface area contributed by atoms with Crippen molar-refractivity contribution in [3.8, 4) is 0 Å². The first-order chi connectivity index (χ1) is 13.9. The molecule has 1 heterocycles. The van der Waals surface area contributed by atoms with E-state index in [1.54, 1.807) is 25.2 Å². The second kappa shape index (κ2) is 9.47. The van der Waals surface area contributed by atoms with Crippen molar-refractivity contribution in [3.63, 3.8) is 0 Å². The van der Waals surface area contributed by atoms with E-state index in [4.69, 9.17) is 11.6 Å². The molecule has 2 aromatic carbocycles. The summed E-state index contributed by atoms with van der Waals surface area (Å²) in [6, 6.07) is 15.0. The lowest BCUT2D eigenvalue weighted by Gasteiger charge is -2.20. The normalized spacial score (nSPS) is 17.4. The van der Waals surface area contributed by atoms with Crippen molar-refractivity contribution in [2.75, 3.05) is 32.1 Å². The van der Waals surface area contributed by atoms with Gasteiger partial charge in [-0.1, -0.05) is 29.8 Å². The van der Waals surface area contributed by atoms with Gasteiger partial charge in [0, 0.05) is 43.4 Å². The Balaban J connectivity index is 1.56. The fourth-order valence-corrected chi connectivity index (χ4v) is 4.28. The van der Waals surface area contributed by atoms with Crippen molar-refractivity contribution in [1.82, 2.24) is 15.4 Å². The Labute approximate surface area is 177 Å². The number of anilines is 1. The second-order valence-corrected chi connectivity index (χ2v) is 9.16. The summed E-state index contributed by atoms with van der Waals surface area (Å²) in [5.41, 5.74) is 1.98. The molecule has 1 fully saturated rings. The Hall–Kier alpha value is -2.29. The monoisotopic (exact) mass is 435 g/mol. The highest BCUT2D eigenvalue weighted by Gasteiger charge is 2.23. The van der Waals surface area contributed by atoms with Crippen molar-refractivity contribution < 1.29 is 8.42 Å². The minimum Gasteiger partial charge on any atom is -0.369 e. The fraction of sp³-hybridized carbons (Fsp3) is 0.350. The van der Waals surface area contributed by atoms with Crippen LogP contribution in [0.25, 0.3) is 0 Å². The highest BCUT2D eigenvalue weighted by molar-refractivity contribution is 7.89. The van der Waals surface area contributed by atoms with Crippen LogP contribution in [0.5, 0.6) is 0 Å². The minimum absolute atomic E-state index is 0.246. The van der Waals surface area contributed by atoms with Crippen molar-refractivity contribution in [2.45, 2.75) is 23.9 Å². The first kappa shape index (κ1) is 21.4. The van der Waals surface area contributed by atoms with Crippen LogP contribution in [0.1, 0.15) is 12.0 Å². The number of halogens is 1. The number of nitrogens with zero attached hydrogens (tertiary/aromatic N) is 2. The molecule has 3 N–H and O–H groups in total. The number of rotatable bonds is 6. The lowest BCUT2D eigenvalue weighted by molar-refractivity contribution is 0.588. The molecule has 0 spiro atoms. The zero-order chi connectivity index (χ0) is 20.9. The van der Waals surface area contributed by atoms with E-state index >= 15 is 0 Å². The number of sulfonamides is 1. The Bertz CT molecular complexity index is 980. The molecule has 29 heavy (non-hydrogen) atoms. The Morgan fingerprint density at radius 2 is 2.03 bits per heavy atom. The van der Waals surface area contributed by atoms with E-state index in [-0.39, 0.29) is 10.9 Å². The smallest absolute Gasteiger partial charge is 0.240 e. The van der Waals surface area contributed by atoms with E-state index < -0.39 is 10.0 Å². The van der Waals surface area contributed by atoms with Gasteiger partial charge < -0.3 is 15.5 Å². The number of guanidine groups is 1. The second-order valence-electron chi connectivity index (χ2n) is 6.84. The summed E-state index contributed by atoms with van der Waals surface area (Å²) in [6.45, 7) is 2.27. The maximum Gasteiger partial charge on any atom is 0.240 e. The molecule has 0 bridgehead atoms. The van der Waals surface area contributed by atoms with Crippen molar-refractivity contribution >= 4 is 33.3 Å². The average Bonchev–Trinajstić information content (AvgIpc) is 3.20. The summed E-state index contributed by atoms with van der Waals surface area (Å²) in [4.78, 5) is 6.83. The number of hydrogen-bond donors (Lipinski definition) is 3. The summed E-state index contributed by atoms with van der Waals surface area (Å²) >= 11 is 6.10.